The number of nitrogens with zero attached hydrogens (tertiary/aromatic N) is 3. The molecule has 0 bridgehead atoms. The monoisotopic (exact) mass is 338 g/mol. The van der Waals surface area contributed by atoms with Gasteiger partial charge in [-0.05, 0) is 31.1 Å². The molecule has 0 aromatic carbocycles. The third kappa shape index (κ3) is 5.83. The molecule has 0 saturated heterocycles. The molecule has 0 unspecified atom stereocenters. The highest BCUT2D eigenvalue weighted by Crippen LogP contribution is 2.41. The largest absolute Gasteiger partial charge is 0.463 e. The van der Waals surface area contributed by atoms with Gasteiger partial charge in [0, 0.05) is 23.9 Å². The zero-order valence-corrected chi connectivity index (χ0v) is 14.7. The lowest BCUT2D eigenvalue weighted by Gasteiger charge is -2.33. The Bertz CT molecular complexity index is 708. The maximum Gasteiger partial charge on any atom is 0.330 e. The van der Waals surface area contributed by atoms with Crippen molar-refractivity contribution in [3.63, 3.8) is 0 Å². The summed E-state index contributed by atoms with van der Waals surface area (Å²) in [6.45, 7) is 8.36. The minimum Gasteiger partial charge on any atom is -0.463 e. The van der Waals surface area contributed by atoms with E-state index in [9.17, 15) is 10.1 Å². The summed E-state index contributed by atoms with van der Waals surface area (Å²) in [5, 5.41) is 31.1. The predicted octanol–water partition coefficient (Wildman–Crippen LogP) is 3.03. The number of carbonyl (C=O) groups excluding carboxylic acids is 1. The Balaban J connectivity index is 2.81. The van der Waals surface area contributed by atoms with E-state index >= 15 is 0 Å². The summed E-state index contributed by atoms with van der Waals surface area (Å²) in [5.41, 5.74) is 1.54. The number of nitrogens with one attached hydrogen (secondary N) is 1. The van der Waals surface area contributed by atoms with Crippen molar-refractivity contribution >= 4 is 5.97 Å². The van der Waals surface area contributed by atoms with Gasteiger partial charge < -0.3 is 10.1 Å². The molecule has 0 spiro atoms. The fraction of sp³-hybridized carbons (Fsp3) is 0.474. The summed E-state index contributed by atoms with van der Waals surface area (Å²) in [7, 11) is 0. The molecule has 130 valence electrons. The van der Waals surface area contributed by atoms with E-state index in [4.69, 9.17) is 15.3 Å². The van der Waals surface area contributed by atoms with Crippen molar-refractivity contribution in [1.29, 1.82) is 15.8 Å². The lowest BCUT2D eigenvalue weighted by molar-refractivity contribution is -0.137. The van der Waals surface area contributed by atoms with Crippen molar-refractivity contribution in [1.82, 2.24) is 5.32 Å². The Labute approximate surface area is 148 Å². The van der Waals surface area contributed by atoms with Gasteiger partial charge in [-0.25, -0.2) is 4.79 Å². The number of hydrogen-bond donors (Lipinski definition) is 1. The lowest BCUT2D eigenvalue weighted by atomic mass is 9.73. The molecule has 0 atom stereocenters. The topological polar surface area (TPSA) is 110 Å². The molecule has 0 amide bonds. The standard InChI is InChI=1S/C19H22N4O2/c1-4-18(24)25-8-6-5-7-23-17-10-19(2,3)9-15(16(17)13-22)14(11-20)12-21/h4,23H,1,5-10H2,2-3H3. The fourth-order valence-corrected chi connectivity index (χ4v) is 2.74. The summed E-state index contributed by atoms with van der Waals surface area (Å²) in [6.07, 6.45) is 3.77. The molecule has 0 aromatic heterocycles. The zero-order chi connectivity index (χ0) is 18.9. The Kier molecular flexibility index (Phi) is 7.44. The van der Waals surface area contributed by atoms with Gasteiger partial charge in [0.1, 0.15) is 23.8 Å². The number of nitriles is 3. The number of carbonyl (C=O) groups is 1. The molecule has 25 heavy (non-hydrogen) atoms. The lowest BCUT2D eigenvalue weighted by Crippen LogP contribution is -2.28. The predicted molar refractivity (Wildman–Crippen MR) is 92.3 cm³/mol. The molecule has 0 heterocycles. The van der Waals surface area contributed by atoms with Crippen LogP contribution in [0.4, 0.5) is 0 Å². The number of esters is 1. The van der Waals surface area contributed by atoms with Crippen molar-refractivity contribution in [2.24, 2.45) is 5.41 Å². The first-order valence-corrected chi connectivity index (χ1v) is 8.08. The minimum atomic E-state index is -0.438. The first-order valence-electron chi connectivity index (χ1n) is 8.08. The molecule has 1 aliphatic rings. The van der Waals surface area contributed by atoms with E-state index in [0.29, 0.717) is 43.6 Å². The van der Waals surface area contributed by atoms with Crippen molar-refractivity contribution in [3.05, 3.63) is 35.1 Å². The third-order valence-corrected chi connectivity index (χ3v) is 3.87. The summed E-state index contributed by atoms with van der Waals surface area (Å²) in [5.74, 6) is -0.438. The number of allylic oxidation sites excluding steroid dienone is 4. The average Bonchev–Trinajstić information content (AvgIpc) is 2.57. The van der Waals surface area contributed by atoms with Crippen molar-refractivity contribution in [3.8, 4) is 18.2 Å². The van der Waals surface area contributed by atoms with Crippen molar-refractivity contribution in [2.75, 3.05) is 13.2 Å². The second kappa shape index (κ2) is 9.30. The Morgan fingerprint density at radius 3 is 2.52 bits per heavy atom. The maximum atomic E-state index is 10.9. The van der Waals surface area contributed by atoms with Gasteiger partial charge in [-0.15, -0.1) is 0 Å². The summed E-state index contributed by atoms with van der Waals surface area (Å²) in [4.78, 5) is 10.9. The smallest absolute Gasteiger partial charge is 0.330 e. The fourth-order valence-electron chi connectivity index (χ4n) is 2.74. The molecule has 0 aliphatic heterocycles. The highest BCUT2D eigenvalue weighted by Gasteiger charge is 2.32. The number of rotatable bonds is 7. The van der Waals surface area contributed by atoms with Crippen LogP contribution in [-0.2, 0) is 9.53 Å². The molecule has 6 nitrogen and oxygen atoms in total. The van der Waals surface area contributed by atoms with E-state index < -0.39 is 5.97 Å². The highest BCUT2D eigenvalue weighted by molar-refractivity contribution is 5.81. The van der Waals surface area contributed by atoms with Crippen LogP contribution in [0.5, 0.6) is 0 Å². The van der Waals surface area contributed by atoms with E-state index in [-0.39, 0.29) is 11.0 Å². The van der Waals surface area contributed by atoms with Crippen LogP contribution < -0.4 is 5.32 Å². The molecule has 6 heteroatoms. The third-order valence-electron chi connectivity index (χ3n) is 3.87. The molecular weight excluding hydrogens is 316 g/mol. The minimum absolute atomic E-state index is 0.0000347. The van der Waals surface area contributed by atoms with Crippen LogP contribution in [0, 0.1) is 39.4 Å². The van der Waals surface area contributed by atoms with Crippen LogP contribution in [-0.4, -0.2) is 19.1 Å². The molecule has 1 N–H and O–H groups in total. The van der Waals surface area contributed by atoms with Crippen molar-refractivity contribution in [2.45, 2.75) is 39.5 Å². The van der Waals surface area contributed by atoms with Gasteiger partial charge in [0.15, 0.2) is 0 Å². The normalized spacial score (nSPS) is 15.4. The van der Waals surface area contributed by atoms with Crippen molar-refractivity contribution < 1.29 is 9.53 Å². The van der Waals surface area contributed by atoms with Crippen LogP contribution in [0.3, 0.4) is 0 Å². The highest BCUT2D eigenvalue weighted by atomic mass is 16.5. The molecule has 0 aromatic rings. The van der Waals surface area contributed by atoms with Crippen LogP contribution in [0.2, 0.25) is 0 Å². The summed E-state index contributed by atoms with van der Waals surface area (Å²) >= 11 is 0. The van der Waals surface area contributed by atoms with Gasteiger partial charge in [-0.1, -0.05) is 20.4 Å². The summed E-state index contributed by atoms with van der Waals surface area (Å²) < 4.78 is 4.91. The number of hydrogen-bond acceptors (Lipinski definition) is 6. The van der Waals surface area contributed by atoms with Crippen LogP contribution in [0.15, 0.2) is 35.1 Å². The molecule has 0 fully saturated rings. The molecule has 0 radical (unpaired) electrons. The quantitative estimate of drug-likeness (QED) is 0.331. The molecule has 1 rings (SSSR count). The number of ether oxygens (including phenoxy) is 1. The van der Waals surface area contributed by atoms with Gasteiger partial charge in [-0.2, -0.15) is 15.8 Å². The number of unbranched alkanes of at least 4 members (excludes halogenated alkanes) is 1. The average molecular weight is 338 g/mol. The van der Waals surface area contributed by atoms with E-state index in [1.807, 2.05) is 26.0 Å². The van der Waals surface area contributed by atoms with E-state index in [2.05, 4.69) is 18.0 Å². The Morgan fingerprint density at radius 2 is 1.96 bits per heavy atom. The van der Waals surface area contributed by atoms with Gasteiger partial charge in [0.25, 0.3) is 0 Å². The Morgan fingerprint density at radius 1 is 1.28 bits per heavy atom. The van der Waals surface area contributed by atoms with Gasteiger partial charge in [0.05, 0.1) is 12.2 Å². The van der Waals surface area contributed by atoms with Gasteiger partial charge in [0.2, 0.25) is 0 Å². The van der Waals surface area contributed by atoms with Gasteiger partial charge in [-0.3, -0.25) is 0 Å². The second-order valence-electron chi connectivity index (χ2n) is 6.57. The SMILES string of the molecule is C=CC(=O)OCCCCNC1=C(C#N)C(=C(C#N)C#N)CC(C)(C)C1. The second-order valence-corrected chi connectivity index (χ2v) is 6.57. The summed E-state index contributed by atoms with van der Waals surface area (Å²) in [6, 6.07) is 5.93. The maximum absolute atomic E-state index is 10.9. The Hall–Kier alpha value is -3.04. The van der Waals surface area contributed by atoms with Gasteiger partial charge >= 0.3 is 5.97 Å². The molecule has 1 aliphatic carbocycles. The zero-order valence-electron chi connectivity index (χ0n) is 14.7. The first-order chi connectivity index (χ1) is 11.9. The molecule has 0 saturated carbocycles. The molecular formula is C19H22N4O2. The van der Waals surface area contributed by atoms with E-state index in [1.165, 1.54) is 0 Å². The van der Waals surface area contributed by atoms with E-state index in [1.54, 1.807) is 0 Å². The van der Waals surface area contributed by atoms with Crippen LogP contribution in [0.25, 0.3) is 0 Å². The van der Waals surface area contributed by atoms with Crippen LogP contribution in [0.1, 0.15) is 39.5 Å². The van der Waals surface area contributed by atoms with Crippen LogP contribution >= 0.6 is 0 Å². The van der Waals surface area contributed by atoms with E-state index in [0.717, 1.165) is 18.2 Å². The first kappa shape index (κ1) is 20.0.